The maximum atomic E-state index is 13.8. The van der Waals surface area contributed by atoms with Gasteiger partial charge < -0.3 is 4.42 Å². The molecule has 0 saturated heterocycles. The second kappa shape index (κ2) is 6.62. The summed E-state index contributed by atoms with van der Waals surface area (Å²) < 4.78 is 20.1. The van der Waals surface area contributed by atoms with Crippen molar-refractivity contribution < 1.29 is 8.81 Å². The molecule has 2 aromatic carbocycles. The van der Waals surface area contributed by atoms with Crippen LogP contribution >= 0.6 is 27.7 Å². The highest BCUT2D eigenvalue weighted by Gasteiger charge is 2.12. The third kappa shape index (κ3) is 3.39. The molecule has 6 heteroatoms. The zero-order chi connectivity index (χ0) is 15.5. The average Bonchev–Trinajstić information content (AvgIpc) is 2.95. The highest BCUT2D eigenvalue weighted by Crippen LogP contribution is 2.28. The minimum absolute atomic E-state index is 0.250. The van der Waals surface area contributed by atoms with Gasteiger partial charge in [0.2, 0.25) is 5.89 Å². The van der Waals surface area contributed by atoms with E-state index in [9.17, 15) is 4.39 Å². The fourth-order valence-electron chi connectivity index (χ4n) is 1.97. The Kier molecular flexibility index (Phi) is 4.59. The van der Waals surface area contributed by atoms with Crippen LogP contribution in [0.1, 0.15) is 11.1 Å². The number of hydrogen-bond donors (Lipinski definition) is 0. The summed E-state index contributed by atoms with van der Waals surface area (Å²) in [6.45, 7) is 1.99. The molecule has 0 fully saturated rings. The molecule has 0 unspecified atom stereocenters. The highest BCUT2D eigenvalue weighted by molar-refractivity contribution is 9.10. The molecule has 0 amide bonds. The largest absolute Gasteiger partial charge is 0.411 e. The molecule has 0 aliphatic heterocycles. The molecular formula is C16H12BrFN2OS. The van der Waals surface area contributed by atoms with Crippen LogP contribution in [0, 0.1) is 12.7 Å². The maximum Gasteiger partial charge on any atom is 0.277 e. The van der Waals surface area contributed by atoms with Gasteiger partial charge in [0.05, 0.1) is 0 Å². The van der Waals surface area contributed by atoms with Gasteiger partial charge in [0.1, 0.15) is 5.82 Å². The van der Waals surface area contributed by atoms with Crippen LogP contribution in [0.3, 0.4) is 0 Å². The van der Waals surface area contributed by atoms with Gasteiger partial charge in [-0.15, -0.1) is 10.2 Å². The summed E-state index contributed by atoms with van der Waals surface area (Å²) in [5.41, 5.74) is 2.59. The first-order valence-corrected chi connectivity index (χ1v) is 8.37. The van der Waals surface area contributed by atoms with E-state index in [1.54, 1.807) is 6.07 Å². The monoisotopic (exact) mass is 378 g/mol. The molecule has 0 radical (unpaired) electrons. The van der Waals surface area contributed by atoms with Gasteiger partial charge in [0, 0.05) is 15.8 Å². The van der Waals surface area contributed by atoms with Crippen LogP contribution in [-0.4, -0.2) is 10.2 Å². The third-order valence-electron chi connectivity index (χ3n) is 3.15. The number of benzene rings is 2. The fraction of sp³-hybridized carbons (Fsp3) is 0.125. The first-order valence-electron chi connectivity index (χ1n) is 6.60. The van der Waals surface area contributed by atoms with Crippen LogP contribution in [0.15, 0.2) is 56.6 Å². The smallest absolute Gasteiger partial charge is 0.277 e. The summed E-state index contributed by atoms with van der Waals surface area (Å²) >= 11 is 4.56. The molecule has 0 N–H and O–H groups in total. The Balaban J connectivity index is 1.74. The van der Waals surface area contributed by atoms with Gasteiger partial charge in [-0.1, -0.05) is 52.0 Å². The molecule has 0 saturated carbocycles. The van der Waals surface area contributed by atoms with Crippen molar-refractivity contribution in [3.05, 3.63) is 63.9 Å². The summed E-state index contributed by atoms with van der Waals surface area (Å²) in [5.74, 6) is 0.673. The Hall–Kier alpha value is -1.66. The number of nitrogens with zero attached hydrogens (tertiary/aromatic N) is 2. The topological polar surface area (TPSA) is 38.9 Å². The van der Waals surface area contributed by atoms with E-state index in [0.29, 0.717) is 22.4 Å². The second-order valence-corrected chi connectivity index (χ2v) is 6.55. The lowest BCUT2D eigenvalue weighted by atomic mass is 10.1. The lowest BCUT2D eigenvalue weighted by Gasteiger charge is -2.01. The van der Waals surface area contributed by atoms with Gasteiger partial charge in [0.15, 0.2) is 0 Å². The van der Waals surface area contributed by atoms with Gasteiger partial charge in [-0.2, -0.15) is 0 Å². The van der Waals surface area contributed by atoms with Crippen molar-refractivity contribution in [2.75, 3.05) is 0 Å². The van der Waals surface area contributed by atoms with E-state index in [1.807, 2.05) is 37.3 Å². The number of aryl methyl sites for hydroxylation is 1. The van der Waals surface area contributed by atoms with E-state index in [-0.39, 0.29) is 5.82 Å². The lowest BCUT2D eigenvalue weighted by molar-refractivity contribution is 0.465. The van der Waals surface area contributed by atoms with Crippen LogP contribution in [0.5, 0.6) is 0 Å². The number of hydrogen-bond acceptors (Lipinski definition) is 4. The standard InChI is InChI=1S/C16H12BrFN2OS/c1-10-4-2-3-5-13(10)15-19-20-16(21-15)22-9-11-6-7-12(17)8-14(11)18/h2-8H,9H2,1H3. The normalized spacial score (nSPS) is 10.9. The Bertz CT molecular complexity index is 806. The predicted octanol–water partition coefficient (Wildman–Crippen LogP) is 5.24. The molecule has 3 rings (SSSR count). The van der Waals surface area contributed by atoms with E-state index in [4.69, 9.17) is 4.42 Å². The Morgan fingerprint density at radius 3 is 2.77 bits per heavy atom. The second-order valence-electron chi connectivity index (χ2n) is 4.71. The van der Waals surface area contributed by atoms with Crippen molar-refractivity contribution >= 4 is 27.7 Å². The van der Waals surface area contributed by atoms with Crippen LogP contribution in [0.4, 0.5) is 4.39 Å². The minimum Gasteiger partial charge on any atom is -0.411 e. The summed E-state index contributed by atoms with van der Waals surface area (Å²) in [6, 6.07) is 12.8. The van der Waals surface area contributed by atoms with Crippen LogP contribution in [-0.2, 0) is 5.75 Å². The third-order valence-corrected chi connectivity index (χ3v) is 4.51. The zero-order valence-electron chi connectivity index (χ0n) is 11.7. The van der Waals surface area contributed by atoms with Crippen molar-refractivity contribution in [1.82, 2.24) is 10.2 Å². The minimum atomic E-state index is -0.250. The molecule has 22 heavy (non-hydrogen) atoms. The number of rotatable bonds is 4. The molecule has 0 aliphatic rings. The van der Waals surface area contributed by atoms with E-state index in [1.165, 1.54) is 17.8 Å². The molecule has 0 spiro atoms. The molecule has 1 heterocycles. The summed E-state index contributed by atoms with van der Waals surface area (Å²) in [7, 11) is 0. The SMILES string of the molecule is Cc1ccccc1-c1nnc(SCc2ccc(Br)cc2F)o1. The number of aromatic nitrogens is 2. The molecule has 0 atom stereocenters. The molecule has 112 valence electrons. The van der Waals surface area contributed by atoms with Crippen LogP contribution < -0.4 is 0 Å². The van der Waals surface area contributed by atoms with Crippen molar-refractivity contribution in [3.8, 4) is 11.5 Å². The number of thioether (sulfide) groups is 1. The van der Waals surface area contributed by atoms with Crippen molar-refractivity contribution in [3.63, 3.8) is 0 Å². The molecule has 1 aromatic heterocycles. The average molecular weight is 379 g/mol. The zero-order valence-corrected chi connectivity index (χ0v) is 14.1. The van der Waals surface area contributed by atoms with E-state index < -0.39 is 0 Å². The fourth-order valence-corrected chi connectivity index (χ4v) is 3.05. The highest BCUT2D eigenvalue weighted by atomic mass is 79.9. The summed E-state index contributed by atoms with van der Waals surface area (Å²) in [4.78, 5) is 0. The Labute approximate surface area is 140 Å². The molecular weight excluding hydrogens is 367 g/mol. The van der Waals surface area contributed by atoms with E-state index in [0.717, 1.165) is 15.6 Å². The molecule has 0 bridgehead atoms. The van der Waals surface area contributed by atoms with Gasteiger partial charge >= 0.3 is 0 Å². The maximum absolute atomic E-state index is 13.8. The quantitative estimate of drug-likeness (QED) is 0.582. The van der Waals surface area contributed by atoms with Gasteiger partial charge in [-0.3, -0.25) is 0 Å². The Morgan fingerprint density at radius 2 is 2.00 bits per heavy atom. The van der Waals surface area contributed by atoms with Crippen molar-refractivity contribution in [2.45, 2.75) is 17.9 Å². The van der Waals surface area contributed by atoms with E-state index >= 15 is 0 Å². The van der Waals surface area contributed by atoms with Gasteiger partial charge in [-0.05, 0) is 36.2 Å². The number of halogens is 2. The first kappa shape index (κ1) is 15.2. The Morgan fingerprint density at radius 1 is 1.18 bits per heavy atom. The van der Waals surface area contributed by atoms with Gasteiger partial charge in [-0.25, -0.2) is 4.39 Å². The predicted molar refractivity (Wildman–Crippen MR) is 88.1 cm³/mol. The summed E-state index contributed by atoms with van der Waals surface area (Å²) in [6.07, 6.45) is 0. The summed E-state index contributed by atoms with van der Waals surface area (Å²) in [5, 5.41) is 8.50. The van der Waals surface area contributed by atoms with Gasteiger partial charge in [0.25, 0.3) is 5.22 Å². The first-order chi connectivity index (χ1) is 10.6. The lowest BCUT2D eigenvalue weighted by Crippen LogP contribution is -1.87. The van der Waals surface area contributed by atoms with Crippen molar-refractivity contribution in [2.24, 2.45) is 0 Å². The van der Waals surface area contributed by atoms with Crippen LogP contribution in [0.2, 0.25) is 0 Å². The molecule has 0 aliphatic carbocycles. The molecule has 3 aromatic rings. The van der Waals surface area contributed by atoms with Crippen LogP contribution in [0.25, 0.3) is 11.5 Å². The van der Waals surface area contributed by atoms with E-state index in [2.05, 4.69) is 26.1 Å². The van der Waals surface area contributed by atoms with Crippen molar-refractivity contribution in [1.29, 1.82) is 0 Å². The molecule has 3 nitrogen and oxygen atoms in total.